The molecule has 1 amide bonds. The maximum Gasteiger partial charge on any atom is 0.261 e. The molecule has 146 valence electrons. The average Bonchev–Trinajstić information content (AvgIpc) is 3.09. The molecule has 0 atom stereocenters. The highest BCUT2D eigenvalue weighted by molar-refractivity contribution is 7.90. The Hall–Kier alpha value is -2.75. The smallest absolute Gasteiger partial charge is 0.261 e. The van der Waals surface area contributed by atoms with Gasteiger partial charge in [-0.15, -0.1) is 11.3 Å². The lowest BCUT2D eigenvalue weighted by Crippen LogP contribution is -2.13. The fraction of sp³-hybridized carbons (Fsp3) is 0.158. The normalized spacial score (nSPS) is 11.2. The highest BCUT2D eigenvalue weighted by atomic mass is 32.2. The number of benzene rings is 2. The van der Waals surface area contributed by atoms with Gasteiger partial charge in [-0.3, -0.25) is 10.1 Å². The van der Waals surface area contributed by atoms with Crippen LogP contribution in [0.1, 0.15) is 16.1 Å². The summed E-state index contributed by atoms with van der Waals surface area (Å²) < 4.78 is 33.9. The van der Waals surface area contributed by atoms with Crippen LogP contribution in [0.15, 0.2) is 58.8 Å². The minimum Gasteiger partial charge on any atom is -0.457 e. The lowest BCUT2D eigenvalue weighted by Gasteiger charge is -2.11. The number of carbonyl (C=O) groups is 1. The first kappa shape index (κ1) is 20.0. The summed E-state index contributed by atoms with van der Waals surface area (Å²) in [5, 5.41) is 5.02. The summed E-state index contributed by atoms with van der Waals surface area (Å²) in [5.74, 6) is 0.409. The van der Waals surface area contributed by atoms with Gasteiger partial charge in [-0.2, -0.15) is 0 Å². The van der Waals surface area contributed by atoms with Crippen LogP contribution in [-0.4, -0.2) is 32.7 Å². The van der Waals surface area contributed by atoms with Crippen LogP contribution in [0, 0.1) is 0 Å². The Morgan fingerprint density at radius 1 is 1.14 bits per heavy atom. The van der Waals surface area contributed by atoms with Crippen LogP contribution in [0.4, 0.5) is 5.13 Å². The van der Waals surface area contributed by atoms with Crippen molar-refractivity contribution in [1.82, 2.24) is 4.98 Å². The Bertz CT molecular complexity index is 1080. The summed E-state index contributed by atoms with van der Waals surface area (Å²) in [6.45, 7) is 0.371. The van der Waals surface area contributed by atoms with Gasteiger partial charge in [0.05, 0.1) is 22.8 Å². The van der Waals surface area contributed by atoms with Gasteiger partial charge in [-0.25, -0.2) is 13.4 Å². The van der Waals surface area contributed by atoms with Gasteiger partial charge in [0.2, 0.25) is 0 Å². The van der Waals surface area contributed by atoms with E-state index in [1.165, 1.54) is 23.5 Å². The van der Waals surface area contributed by atoms with Crippen molar-refractivity contribution in [2.75, 3.05) is 18.7 Å². The van der Waals surface area contributed by atoms with Gasteiger partial charge in [-0.1, -0.05) is 12.1 Å². The second-order valence-corrected chi connectivity index (χ2v) is 8.75. The number of aromatic nitrogens is 1. The number of rotatable bonds is 7. The third kappa shape index (κ3) is 4.94. The molecule has 0 radical (unpaired) electrons. The molecule has 1 heterocycles. The van der Waals surface area contributed by atoms with Crippen molar-refractivity contribution in [2.45, 2.75) is 11.5 Å². The maximum atomic E-state index is 12.6. The van der Waals surface area contributed by atoms with Crippen molar-refractivity contribution in [2.24, 2.45) is 0 Å². The molecule has 2 aromatic carbocycles. The van der Waals surface area contributed by atoms with Crippen molar-refractivity contribution in [3.8, 4) is 11.5 Å². The van der Waals surface area contributed by atoms with E-state index >= 15 is 0 Å². The van der Waals surface area contributed by atoms with Gasteiger partial charge in [-0.05, 0) is 36.4 Å². The first-order valence-corrected chi connectivity index (χ1v) is 11.0. The van der Waals surface area contributed by atoms with E-state index in [1.54, 1.807) is 43.5 Å². The molecular weight excluding hydrogens is 400 g/mol. The highest BCUT2D eigenvalue weighted by Gasteiger charge is 2.15. The first-order chi connectivity index (χ1) is 13.4. The predicted molar refractivity (Wildman–Crippen MR) is 107 cm³/mol. The van der Waals surface area contributed by atoms with Crippen molar-refractivity contribution in [3.05, 3.63) is 65.2 Å². The minimum atomic E-state index is -3.29. The maximum absolute atomic E-state index is 12.6. The van der Waals surface area contributed by atoms with Crippen LogP contribution in [0.25, 0.3) is 0 Å². The number of sulfone groups is 1. The van der Waals surface area contributed by atoms with E-state index in [4.69, 9.17) is 9.47 Å². The number of para-hydroxylation sites is 1. The Morgan fingerprint density at radius 3 is 2.54 bits per heavy atom. The molecule has 0 fully saturated rings. The summed E-state index contributed by atoms with van der Waals surface area (Å²) in [6.07, 6.45) is 1.14. The van der Waals surface area contributed by atoms with E-state index in [9.17, 15) is 13.2 Å². The molecule has 9 heteroatoms. The van der Waals surface area contributed by atoms with E-state index in [-0.39, 0.29) is 10.8 Å². The van der Waals surface area contributed by atoms with Gasteiger partial charge in [0.15, 0.2) is 15.0 Å². The van der Waals surface area contributed by atoms with Gasteiger partial charge in [0.25, 0.3) is 5.91 Å². The van der Waals surface area contributed by atoms with Crippen LogP contribution in [-0.2, 0) is 21.2 Å². The van der Waals surface area contributed by atoms with E-state index < -0.39 is 9.84 Å². The van der Waals surface area contributed by atoms with Crippen LogP contribution in [0.3, 0.4) is 0 Å². The molecule has 28 heavy (non-hydrogen) atoms. The zero-order chi connectivity index (χ0) is 20.1. The lowest BCUT2D eigenvalue weighted by atomic mass is 10.2. The molecule has 0 saturated carbocycles. The van der Waals surface area contributed by atoms with Crippen molar-refractivity contribution >= 4 is 32.2 Å². The summed E-state index contributed by atoms with van der Waals surface area (Å²) in [6, 6.07) is 12.8. The average molecular weight is 418 g/mol. The predicted octanol–water partition coefficient (Wildman–Crippen LogP) is 3.74. The molecule has 0 aliphatic carbocycles. The molecule has 0 unspecified atom stereocenters. The lowest BCUT2D eigenvalue weighted by molar-refractivity contribution is 0.102. The zero-order valence-electron chi connectivity index (χ0n) is 15.2. The number of anilines is 1. The summed E-state index contributed by atoms with van der Waals surface area (Å²) in [5.41, 5.74) is 1.07. The van der Waals surface area contributed by atoms with E-state index in [1.807, 2.05) is 5.38 Å². The summed E-state index contributed by atoms with van der Waals surface area (Å²) >= 11 is 1.31. The molecular formula is C19H18N2O5S2. The third-order valence-corrected chi connectivity index (χ3v) is 5.61. The Labute approximate surface area is 166 Å². The van der Waals surface area contributed by atoms with Gasteiger partial charge < -0.3 is 9.47 Å². The van der Waals surface area contributed by atoms with Crippen molar-refractivity contribution < 1.29 is 22.7 Å². The molecule has 1 aromatic heterocycles. The molecule has 0 aliphatic rings. The number of amides is 1. The second-order valence-electron chi connectivity index (χ2n) is 5.87. The first-order valence-electron chi connectivity index (χ1n) is 8.18. The van der Waals surface area contributed by atoms with Crippen LogP contribution < -0.4 is 10.1 Å². The third-order valence-electron chi connectivity index (χ3n) is 3.68. The molecule has 3 aromatic rings. The number of hydrogen-bond acceptors (Lipinski definition) is 7. The molecule has 7 nitrogen and oxygen atoms in total. The molecule has 0 bridgehead atoms. The molecule has 1 N–H and O–H groups in total. The van der Waals surface area contributed by atoms with Crippen LogP contribution >= 0.6 is 11.3 Å². The van der Waals surface area contributed by atoms with E-state index in [0.717, 1.165) is 11.9 Å². The topological polar surface area (TPSA) is 94.6 Å². The Kier molecular flexibility index (Phi) is 6.08. The largest absolute Gasteiger partial charge is 0.457 e. The summed E-state index contributed by atoms with van der Waals surface area (Å²) in [7, 11) is -1.71. The van der Waals surface area contributed by atoms with Gasteiger partial charge in [0, 0.05) is 18.7 Å². The Balaban J connectivity index is 1.77. The second kappa shape index (κ2) is 8.51. The van der Waals surface area contributed by atoms with Gasteiger partial charge >= 0.3 is 0 Å². The number of thiazole rings is 1. The quantitative estimate of drug-likeness (QED) is 0.628. The number of carbonyl (C=O) groups excluding carboxylic acids is 1. The molecule has 0 saturated heterocycles. The number of hydrogen-bond donors (Lipinski definition) is 1. The fourth-order valence-corrected chi connectivity index (χ4v) is 3.69. The van der Waals surface area contributed by atoms with Crippen molar-refractivity contribution in [1.29, 1.82) is 0 Å². The molecule has 0 aliphatic heterocycles. The highest BCUT2D eigenvalue weighted by Crippen LogP contribution is 2.27. The standard InChI is InChI=1S/C19H18N2O5S2/c1-25-11-13-12-27-19(20-13)21-18(22)16-5-3-4-6-17(16)26-14-7-9-15(10-8-14)28(2,23)24/h3-10,12H,11H2,1-2H3,(H,20,21,22). The molecule has 3 rings (SSSR count). The van der Waals surface area contributed by atoms with E-state index in [2.05, 4.69) is 10.3 Å². The molecule has 0 spiro atoms. The number of methoxy groups -OCH3 is 1. The van der Waals surface area contributed by atoms with Crippen molar-refractivity contribution in [3.63, 3.8) is 0 Å². The number of nitrogens with one attached hydrogen (secondary N) is 1. The minimum absolute atomic E-state index is 0.196. The van der Waals surface area contributed by atoms with Crippen LogP contribution in [0.5, 0.6) is 11.5 Å². The number of ether oxygens (including phenoxy) is 2. The van der Waals surface area contributed by atoms with Crippen LogP contribution in [0.2, 0.25) is 0 Å². The fourth-order valence-electron chi connectivity index (χ4n) is 2.37. The summed E-state index contributed by atoms with van der Waals surface area (Å²) in [4.78, 5) is 17.1. The Morgan fingerprint density at radius 2 is 1.86 bits per heavy atom. The number of nitrogens with zero attached hydrogens (tertiary/aromatic N) is 1. The monoisotopic (exact) mass is 418 g/mol. The zero-order valence-corrected chi connectivity index (χ0v) is 16.8. The van der Waals surface area contributed by atoms with Gasteiger partial charge in [0.1, 0.15) is 11.5 Å². The van der Waals surface area contributed by atoms with E-state index in [0.29, 0.717) is 28.8 Å². The SMILES string of the molecule is COCc1csc(NC(=O)c2ccccc2Oc2ccc(S(C)(=O)=O)cc2)n1.